The Kier molecular flexibility index (Phi) is 4.39. The SMILES string of the molecule is C/C=C/C=C/C(=O)Nc1ccc(-n2cnnn2)c(C)c1. The van der Waals surface area contributed by atoms with Gasteiger partial charge in [0.05, 0.1) is 5.69 Å². The number of carbonyl (C=O) groups excluding carboxylic acids is 1. The van der Waals surface area contributed by atoms with Crippen LogP contribution in [0.2, 0.25) is 0 Å². The van der Waals surface area contributed by atoms with Crippen molar-refractivity contribution in [2.45, 2.75) is 13.8 Å². The number of allylic oxidation sites excluding steroid dienone is 3. The molecule has 1 N–H and O–H groups in total. The van der Waals surface area contributed by atoms with Gasteiger partial charge in [-0.1, -0.05) is 18.2 Å². The summed E-state index contributed by atoms with van der Waals surface area (Å²) in [5.74, 6) is -0.169. The summed E-state index contributed by atoms with van der Waals surface area (Å²) in [7, 11) is 0. The second-order valence-electron chi connectivity index (χ2n) is 4.13. The van der Waals surface area contributed by atoms with Crippen molar-refractivity contribution >= 4 is 11.6 Å². The number of amides is 1. The highest BCUT2D eigenvalue weighted by atomic mass is 16.1. The van der Waals surface area contributed by atoms with Crippen molar-refractivity contribution in [3.63, 3.8) is 0 Å². The van der Waals surface area contributed by atoms with E-state index in [2.05, 4.69) is 20.8 Å². The van der Waals surface area contributed by atoms with Crippen molar-refractivity contribution in [2.75, 3.05) is 5.32 Å². The van der Waals surface area contributed by atoms with Crippen LogP contribution < -0.4 is 5.32 Å². The lowest BCUT2D eigenvalue weighted by atomic mass is 10.2. The van der Waals surface area contributed by atoms with Gasteiger partial charge in [0.15, 0.2) is 0 Å². The van der Waals surface area contributed by atoms with E-state index in [1.54, 1.807) is 16.8 Å². The van der Waals surface area contributed by atoms with E-state index < -0.39 is 0 Å². The Bertz CT molecular complexity index is 644. The standard InChI is InChI=1S/C14H15N5O/c1-3-4-5-6-14(20)16-12-7-8-13(11(2)9-12)19-10-15-17-18-19/h3-10H,1-2H3,(H,16,20)/b4-3+,6-5+. The summed E-state index contributed by atoms with van der Waals surface area (Å²) in [4.78, 5) is 11.6. The Morgan fingerprint density at radius 3 is 2.85 bits per heavy atom. The van der Waals surface area contributed by atoms with Crippen LogP contribution in [-0.4, -0.2) is 26.1 Å². The lowest BCUT2D eigenvalue weighted by Crippen LogP contribution is -2.08. The van der Waals surface area contributed by atoms with E-state index in [1.807, 2.05) is 38.1 Å². The molecule has 0 radical (unpaired) electrons. The molecule has 0 aliphatic rings. The predicted molar refractivity (Wildman–Crippen MR) is 76.5 cm³/mol. The highest BCUT2D eigenvalue weighted by Gasteiger charge is 2.04. The third-order valence-electron chi connectivity index (χ3n) is 2.61. The second kappa shape index (κ2) is 6.42. The van der Waals surface area contributed by atoms with Crippen LogP contribution in [-0.2, 0) is 4.79 Å². The number of nitrogens with zero attached hydrogens (tertiary/aromatic N) is 4. The van der Waals surface area contributed by atoms with Crippen LogP contribution in [0.15, 0.2) is 48.8 Å². The fraction of sp³-hybridized carbons (Fsp3) is 0.143. The maximum Gasteiger partial charge on any atom is 0.248 e. The summed E-state index contributed by atoms with van der Waals surface area (Å²) in [5.41, 5.74) is 2.57. The summed E-state index contributed by atoms with van der Waals surface area (Å²) in [6, 6.07) is 5.54. The molecular formula is C14H15N5O. The topological polar surface area (TPSA) is 72.7 Å². The van der Waals surface area contributed by atoms with Crippen molar-refractivity contribution in [3.8, 4) is 5.69 Å². The number of hydrogen-bond acceptors (Lipinski definition) is 4. The van der Waals surface area contributed by atoms with E-state index in [0.717, 1.165) is 16.9 Å². The Labute approximate surface area is 116 Å². The van der Waals surface area contributed by atoms with E-state index in [-0.39, 0.29) is 5.91 Å². The number of aryl methyl sites for hydroxylation is 1. The summed E-state index contributed by atoms with van der Waals surface area (Å²) in [5, 5.41) is 13.8. The molecule has 1 aromatic carbocycles. The number of aromatic nitrogens is 4. The monoisotopic (exact) mass is 269 g/mol. The number of anilines is 1. The van der Waals surface area contributed by atoms with Crippen molar-refractivity contribution < 1.29 is 4.79 Å². The van der Waals surface area contributed by atoms with Gasteiger partial charge in [0, 0.05) is 11.8 Å². The highest BCUT2D eigenvalue weighted by Crippen LogP contribution is 2.17. The van der Waals surface area contributed by atoms with E-state index in [0.29, 0.717) is 0 Å². The molecule has 6 heteroatoms. The molecule has 0 atom stereocenters. The summed E-state index contributed by atoms with van der Waals surface area (Å²) < 4.78 is 1.58. The minimum absolute atomic E-state index is 0.169. The van der Waals surface area contributed by atoms with Gasteiger partial charge in [0.25, 0.3) is 0 Å². The van der Waals surface area contributed by atoms with Gasteiger partial charge in [-0.05, 0) is 48.0 Å². The summed E-state index contributed by atoms with van der Waals surface area (Å²) >= 11 is 0. The maximum atomic E-state index is 11.6. The molecule has 1 amide bonds. The van der Waals surface area contributed by atoms with Crippen molar-refractivity contribution in [2.24, 2.45) is 0 Å². The number of rotatable bonds is 4. The van der Waals surface area contributed by atoms with Gasteiger partial charge in [-0.25, -0.2) is 4.68 Å². The first-order valence-electron chi connectivity index (χ1n) is 6.15. The van der Waals surface area contributed by atoms with Crippen LogP contribution in [0.3, 0.4) is 0 Å². The third-order valence-corrected chi connectivity index (χ3v) is 2.61. The first kappa shape index (κ1) is 13.7. The number of carbonyl (C=O) groups is 1. The molecule has 1 heterocycles. The fourth-order valence-corrected chi connectivity index (χ4v) is 1.70. The van der Waals surface area contributed by atoms with Gasteiger partial charge >= 0.3 is 0 Å². The quantitative estimate of drug-likeness (QED) is 0.681. The van der Waals surface area contributed by atoms with Gasteiger partial charge in [-0.2, -0.15) is 0 Å². The lowest BCUT2D eigenvalue weighted by molar-refractivity contribution is -0.111. The number of nitrogens with one attached hydrogen (secondary N) is 1. The maximum absolute atomic E-state index is 11.6. The van der Waals surface area contributed by atoms with Crippen LogP contribution in [0.25, 0.3) is 5.69 Å². The molecule has 0 fully saturated rings. The smallest absolute Gasteiger partial charge is 0.248 e. The average Bonchev–Trinajstić information content (AvgIpc) is 2.93. The predicted octanol–water partition coefficient (Wildman–Crippen LogP) is 2.04. The molecule has 0 aliphatic heterocycles. The molecule has 6 nitrogen and oxygen atoms in total. The third kappa shape index (κ3) is 3.38. The minimum atomic E-state index is -0.169. The summed E-state index contributed by atoms with van der Waals surface area (Å²) in [6.45, 7) is 3.83. The summed E-state index contributed by atoms with van der Waals surface area (Å²) in [6.07, 6.45) is 8.35. The first-order valence-corrected chi connectivity index (χ1v) is 6.15. The molecule has 2 aromatic rings. The van der Waals surface area contributed by atoms with Gasteiger partial charge in [0.1, 0.15) is 6.33 Å². The zero-order valence-electron chi connectivity index (χ0n) is 11.3. The van der Waals surface area contributed by atoms with Crippen molar-refractivity contribution in [3.05, 3.63) is 54.4 Å². The van der Waals surface area contributed by atoms with Crippen molar-refractivity contribution in [1.29, 1.82) is 0 Å². The molecule has 20 heavy (non-hydrogen) atoms. The van der Waals surface area contributed by atoms with Crippen LogP contribution in [0.4, 0.5) is 5.69 Å². The number of benzene rings is 1. The first-order chi connectivity index (χ1) is 9.70. The lowest BCUT2D eigenvalue weighted by Gasteiger charge is -2.07. The van der Waals surface area contributed by atoms with Crippen LogP contribution in [0.5, 0.6) is 0 Å². The average molecular weight is 269 g/mol. The second-order valence-corrected chi connectivity index (χ2v) is 4.13. The van der Waals surface area contributed by atoms with Crippen molar-refractivity contribution in [1.82, 2.24) is 20.2 Å². The molecule has 0 saturated heterocycles. The molecule has 0 aliphatic carbocycles. The van der Waals surface area contributed by atoms with Gasteiger partial charge < -0.3 is 5.32 Å². The highest BCUT2D eigenvalue weighted by molar-refractivity contribution is 5.99. The van der Waals surface area contributed by atoms with Gasteiger partial charge in [-0.15, -0.1) is 5.10 Å². The van der Waals surface area contributed by atoms with Gasteiger partial charge in [-0.3, -0.25) is 4.79 Å². The molecular weight excluding hydrogens is 254 g/mol. The molecule has 2 rings (SSSR count). The Hall–Kier alpha value is -2.76. The Morgan fingerprint density at radius 2 is 2.20 bits per heavy atom. The molecule has 1 aromatic heterocycles. The largest absolute Gasteiger partial charge is 0.323 e. The molecule has 0 bridgehead atoms. The van der Waals surface area contributed by atoms with Crippen LogP contribution in [0.1, 0.15) is 12.5 Å². The number of hydrogen-bond donors (Lipinski definition) is 1. The minimum Gasteiger partial charge on any atom is -0.323 e. The zero-order valence-corrected chi connectivity index (χ0v) is 11.3. The zero-order chi connectivity index (χ0) is 14.4. The Balaban J connectivity index is 2.12. The van der Waals surface area contributed by atoms with E-state index in [4.69, 9.17) is 0 Å². The van der Waals surface area contributed by atoms with Crippen LogP contribution in [0, 0.1) is 6.92 Å². The Morgan fingerprint density at radius 1 is 1.35 bits per heavy atom. The van der Waals surface area contributed by atoms with E-state index >= 15 is 0 Å². The molecule has 102 valence electrons. The van der Waals surface area contributed by atoms with Crippen LogP contribution >= 0.6 is 0 Å². The van der Waals surface area contributed by atoms with Gasteiger partial charge in [0.2, 0.25) is 5.91 Å². The normalized spacial score (nSPS) is 11.3. The molecule has 0 unspecified atom stereocenters. The van der Waals surface area contributed by atoms with E-state index in [9.17, 15) is 4.79 Å². The fourth-order valence-electron chi connectivity index (χ4n) is 1.70. The molecule has 0 saturated carbocycles. The molecule has 0 spiro atoms. The van der Waals surface area contributed by atoms with E-state index in [1.165, 1.54) is 12.4 Å². The number of tetrazole rings is 1.